The van der Waals surface area contributed by atoms with Gasteiger partial charge in [-0.3, -0.25) is 9.79 Å². The zero-order valence-electron chi connectivity index (χ0n) is 15.6. The molecule has 0 spiro atoms. The lowest BCUT2D eigenvalue weighted by Gasteiger charge is -2.31. The van der Waals surface area contributed by atoms with Gasteiger partial charge in [-0.15, -0.1) is 0 Å². The Morgan fingerprint density at radius 3 is 2.41 bits per heavy atom. The standard InChI is InChI=1S/C23H24N2O2/c1-15-6-4-11-19(21(15)27-18-9-5-10-18)22(26)25-23(20-14-24-20)12-16-7-2-3-8-17(16)13-23/h2-4,6-8,11,14,18,20H,5,9-10,12-13H2,1H3,(H,25,26). The van der Waals surface area contributed by atoms with Crippen LogP contribution in [-0.4, -0.2) is 29.8 Å². The van der Waals surface area contributed by atoms with Gasteiger partial charge in [-0.2, -0.15) is 0 Å². The molecule has 1 N–H and O–H groups in total. The Morgan fingerprint density at radius 1 is 1.11 bits per heavy atom. The van der Waals surface area contributed by atoms with Crippen molar-refractivity contribution in [3.8, 4) is 5.75 Å². The predicted octanol–water partition coefficient (Wildman–Crippen LogP) is 3.65. The summed E-state index contributed by atoms with van der Waals surface area (Å²) in [6.45, 7) is 2.01. The molecule has 4 heteroatoms. The Kier molecular flexibility index (Phi) is 3.81. The third kappa shape index (κ3) is 2.93. The maximum atomic E-state index is 13.3. The first-order valence-electron chi connectivity index (χ1n) is 9.83. The first-order valence-corrected chi connectivity index (χ1v) is 9.83. The van der Waals surface area contributed by atoms with Gasteiger partial charge in [-0.1, -0.05) is 36.4 Å². The van der Waals surface area contributed by atoms with Crippen LogP contribution in [0.3, 0.4) is 0 Å². The van der Waals surface area contributed by atoms with Gasteiger partial charge in [0.05, 0.1) is 17.2 Å². The van der Waals surface area contributed by atoms with Crippen LogP contribution in [0, 0.1) is 6.92 Å². The number of nitrogens with zero attached hydrogens (tertiary/aromatic N) is 1. The van der Waals surface area contributed by atoms with Crippen LogP contribution in [0.25, 0.3) is 0 Å². The van der Waals surface area contributed by atoms with Gasteiger partial charge in [0.25, 0.3) is 5.91 Å². The van der Waals surface area contributed by atoms with E-state index in [0.717, 1.165) is 37.0 Å². The quantitative estimate of drug-likeness (QED) is 0.885. The predicted molar refractivity (Wildman–Crippen MR) is 106 cm³/mol. The number of carbonyl (C=O) groups is 1. The van der Waals surface area contributed by atoms with E-state index in [1.165, 1.54) is 17.5 Å². The molecule has 2 aliphatic carbocycles. The number of ether oxygens (including phenoxy) is 1. The Labute approximate surface area is 159 Å². The summed E-state index contributed by atoms with van der Waals surface area (Å²) in [6.07, 6.45) is 7.20. The minimum absolute atomic E-state index is 0.0590. The number of para-hydroxylation sites is 1. The van der Waals surface area contributed by atoms with Crippen molar-refractivity contribution >= 4 is 12.1 Å². The average Bonchev–Trinajstić information content (AvgIpc) is 3.41. The molecule has 1 aliphatic heterocycles. The Hall–Kier alpha value is -2.62. The van der Waals surface area contributed by atoms with Gasteiger partial charge in [-0.25, -0.2) is 0 Å². The van der Waals surface area contributed by atoms with E-state index in [1.807, 2.05) is 31.3 Å². The highest BCUT2D eigenvalue weighted by atomic mass is 16.5. The van der Waals surface area contributed by atoms with Gasteiger partial charge < -0.3 is 10.1 Å². The van der Waals surface area contributed by atoms with E-state index in [2.05, 4.69) is 34.6 Å². The monoisotopic (exact) mass is 360 g/mol. The van der Waals surface area contributed by atoms with Gasteiger partial charge in [0.2, 0.25) is 0 Å². The molecule has 27 heavy (non-hydrogen) atoms. The smallest absolute Gasteiger partial charge is 0.255 e. The van der Waals surface area contributed by atoms with Gasteiger partial charge in [0.1, 0.15) is 11.8 Å². The molecule has 138 valence electrons. The molecule has 1 heterocycles. The first-order chi connectivity index (χ1) is 13.1. The van der Waals surface area contributed by atoms with E-state index in [9.17, 15) is 4.79 Å². The van der Waals surface area contributed by atoms with E-state index >= 15 is 0 Å². The second-order valence-corrected chi connectivity index (χ2v) is 8.10. The van der Waals surface area contributed by atoms with Crippen LogP contribution < -0.4 is 10.1 Å². The molecular formula is C23H24N2O2. The zero-order valence-corrected chi connectivity index (χ0v) is 15.6. The van der Waals surface area contributed by atoms with E-state index in [4.69, 9.17) is 4.74 Å². The summed E-state index contributed by atoms with van der Waals surface area (Å²) < 4.78 is 6.18. The van der Waals surface area contributed by atoms with Crippen LogP contribution >= 0.6 is 0 Å². The minimum Gasteiger partial charge on any atom is -0.489 e. The zero-order chi connectivity index (χ0) is 18.4. The van der Waals surface area contributed by atoms with Crippen LogP contribution in [0.1, 0.15) is 46.3 Å². The van der Waals surface area contributed by atoms with E-state index in [1.54, 1.807) is 0 Å². The van der Waals surface area contributed by atoms with Crippen LogP contribution in [-0.2, 0) is 12.8 Å². The van der Waals surface area contributed by atoms with Crippen molar-refractivity contribution in [2.75, 3.05) is 0 Å². The van der Waals surface area contributed by atoms with Gasteiger partial charge in [-0.05, 0) is 61.8 Å². The Balaban J connectivity index is 1.42. The highest BCUT2D eigenvalue weighted by Gasteiger charge is 2.48. The van der Waals surface area contributed by atoms with Crippen molar-refractivity contribution in [3.63, 3.8) is 0 Å². The Bertz CT molecular complexity index is 899. The fourth-order valence-electron chi connectivity index (χ4n) is 4.28. The number of hydrogen-bond acceptors (Lipinski definition) is 3. The molecule has 1 amide bonds. The summed E-state index contributed by atoms with van der Waals surface area (Å²) in [7, 11) is 0. The minimum atomic E-state index is -0.349. The number of amides is 1. The number of benzene rings is 2. The van der Waals surface area contributed by atoms with Crippen LogP contribution in [0.15, 0.2) is 47.5 Å². The van der Waals surface area contributed by atoms with Crippen LogP contribution in [0.4, 0.5) is 0 Å². The molecule has 3 aliphatic rings. The number of aliphatic imine (C=N–C) groups is 1. The summed E-state index contributed by atoms with van der Waals surface area (Å²) in [5, 5.41) is 3.35. The molecular weight excluding hydrogens is 336 g/mol. The average molecular weight is 360 g/mol. The van der Waals surface area contributed by atoms with Crippen molar-refractivity contribution in [1.82, 2.24) is 5.32 Å². The molecule has 0 aromatic heterocycles. The van der Waals surface area contributed by atoms with Gasteiger partial charge in [0, 0.05) is 6.21 Å². The van der Waals surface area contributed by atoms with E-state index in [0.29, 0.717) is 5.56 Å². The van der Waals surface area contributed by atoms with Crippen LogP contribution in [0.5, 0.6) is 5.75 Å². The van der Waals surface area contributed by atoms with Crippen molar-refractivity contribution in [3.05, 3.63) is 64.7 Å². The summed E-state index contributed by atoms with van der Waals surface area (Å²) >= 11 is 0. The Morgan fingerprint density at radius 2 is 1.81 bits per heavy atom. The molecule has 1 atom stereocenters. The second-order valence-electron chi connectivity index (χ2n) is 8.10. The number of fused-ring (bicyclic) bond motifs is 1. The van der Waals surface area contributed by atoms with Gasteiger partial charge >= 0.3 is 0 Å². The largest absolute Gasteiger partial charge is 0.489 e. The summed E-state index contributed by atoms with van der Waals surface area (Å²) in [4.78, 5) is 17.7. The van der Waals surface area contributed by atoms with Crippen LogP contribution in [0.2, 0.25) is 0 Å². The highest BCUT2D eigenvalue weighted by Crippen LogP contribution is 2.37. The van der Waals surface area contributed by atoms with Crippen molar-refractivity contribution in [1.29, 1.82) is 0 Å². The molecule has 4 nitrogen and oxygen atoms in total. The van der Waals surface area contributed by atoms with Crippen molar-refractivity contribution in [2.45, 2.75) is 56.7 Å². The molecule has 0 saturated heterocycles. The SMILES string of the molecule is Cc1cccc(C(=O)NC2(C3C=N3)Cc3ccccc3C2)c1OC1CCC1. The van der Waals surface area contributed by atoms with E-state index < -0.39 is 0 Å². The van der Waals surface area contributed by atoms with E-state index in [-0.39, 0.29) is 23.6 Å². The summed E-state index contributed by atoms with van der Waals surface area (Å²) in [6, 6.07) is 14.4. The molecule has 1 saturated carbocycles. The maximum absolute atomic E-state index is 13.3. The molecule has 2 aromatic carbocycles. The third-order valence-electron chi connectivity index (χ3n) is 6.15. The summed E-state index contributed by atoms with van der Waals surface area (Å²) in [5.74, 6) is 0.679. The number of nitrogens with one attached hydrogen (secondary N) is 1. The maximum Gasteiger partial charge on any atom is 0.255 e. The van der Waals surface area contributed by atoms with Crippen molar-refractivity contribution in [2.24, 2.45) is 4.99 Å². The summed E-state index contributed by atoms with van der Waals surface area (Å²) in [5.41, 5.74) is 3.92. The van der Waals surface area contributed by atoms with Crippen molar-refractivity contribution < 1.29 is 9.53 Å². The number of aryl methyl sites for hydroxylation is 1. The molecule has 5 rings (SSSR count). The fourth-order valence-corrected chi connectivity index (χ4v) is 4.28. The molecule has 0 bridgehead atoms. The molecule has 1 fully saturated rings. The molecule has 2 aromatic rings. The first kappa shape index (κ1) is 16.5. The number of rotatable bonds is 5. The highest BCUT2D eigenvalue weighted by molar-refractivity contribution is 5.98. The topological polar surface area (TPSA) is 50.7 Å². The fraction of sp³-hybridized carbons (Fsp3) is 0.391. The lowest BCUT2D eigenvalue weighted by atomic mass is 9.90. The molecule has 0 radical (unpaired) electrons. The third-order valence-corrected chi connectivity index (χ3v) is 6.15. The number of carbonyl (C=O) groups excluding carboxylic acids is 1. The number of hydrogen-bond donors (Lipinski definition) is 1. The molecule has 1 unspecified atom stereocenters. The lowest BCUT2D eigenvalue weighted by molar-refractivity contribution is 0.0878. The normalized spacial score (nSPS) is 22.0. The van der Waals surface area contributed by atoms with Gasteiger partial charge in [0.15, 0.2) is 0 Å². The second kappa shape index (κ2) is 6.22. The lowest BCUT2D eigenvalue weighted by Crippen LogP contribution is -2.54.